The monoisotopic (exact) mass is 378 g/mol. The number of phenols is 1. The highest BCUT2D eigenvalue weighted by Gasteiger charge is 2.32. The van der Waals surface area contributed by atoms with Crippen LogP contribution in [0.1, 0.15) is 12.8 Å². The van der Waals surface area contributed by atoms with E-state index in [1.807, 2.05) is 0 Å². The first-order valence-electron chi connectivity index (χ1n) is 8.22. The molecule has 8 heteroatoms. The Morgan fingerprint density at radius 3 is 2.38 bits per heavy atom. The fourth-order valence-electron chi connectivity index (χ4n) is 2.93. The molecule has 6 nitrogen and oxygen atoms in total. The predicted octanol–water partition coefficient (Wildman–Crippen LogP) is 2.57. The van der Waals surface area contributed by atoms with E-state index >= 15 is 0 Å². The zero-order valence-electron chi connectivity index (χ0n) is 13.9. The summed E-state index contributed by atoms with van der Waals surface area (Å²) < 4.78 is 39.6. The van der Waals surface area contributed by atoms with Crippen molar-refractivity contribution >= 4 is 21.6 Å². The second-order valence-corrected chi connectivity index (χ2v) is 8.08. The quantitative estimate of drug-likeness (QED) is 0.856. The molecular weight excluding hydrogens is 359 g/mol. The molecule has 2 aromatic carbocycles. The van der Waals surface area contributed by atoms with Crippen LogP contribution in [0.25, 0.3) is 0 Å². The lowest BCUT2D eigenvalue weighted by Crippen LogP contribution is -2.41. The van der Waals surface area contributed by atoms with Crippen molar-refractivity contribution in [2.45, 2.75) is 17.7 Å². The van der Waals surface area contributed by atoms with Crippen LogP contribution >= 0.6 is 0 Å². The molecular formula is C18H19FN2O4S. The van der Waals surface area contributed by atoms with Gasteiger partial charge in [-0.15, -0.1) is 0 Å². The first-order valence-corrected chi connectivity index (χ1v) is 9.66. The Bertz CT molecular complexity index is 895. The zero-order chi connectivity index (χ0) is 18.7. The molecule has 0 bridgehead atoms. The number of hydrogen-bond acceptors (Lipinski definition) is 4. The average Bonchev–Trinajstić information content (AvgIpc) is 2.65. The van der Waals surface area contributed by atoms with E-state index in [1.165, 1.54) is 10.4 Å². The van der Waals surface area contributed by atoms with E-state index in [0.29, 0.717) is 18.5 Å². The SMILES string of the molecule is O=C(Nc1ccc(F)c(O)c1)C1CCN(S(=O)(=O)c2ccccc2)CC1. The molecule has 0 aromatic heterocycles. The average molecular weight is 378 g/mol. The van der Waals surface area contributed by atoms with Crippen LogP contribution in [0.5, 0.6) is 5.75 Å². The molecule has 1 aliphatic rings. The van der Waals surface area contributed by atoms with Crippen molar-refractivity contribution in [3.63, 3.8) is 0 Å². The number of rotatable bonds is 4. The molecule has 3 rings (SSSR count). The lowest BCUT2D eigenvalue weighted by molar-refractivity contribution is -0.120. The van der Waals surface area contributed by atoms with Gasteiger partial charge in [0.1, 0.15) is 0 Å². The number of aromatic hydroxyl groups is 1. The molecule has 1 heterocycles. The van der Waals surface area contributed by atoms with Crippen molar-refractivity contribution in [1.82, 2.24) is 4.31 Å². The van der Waals surface area contributed by atoms with Crippen molar-refractivity contribution in [1.29, 1.82) is 0 Å². The van der Waals surface area contributed by atoms with Crippen LogP contribution in [0.2, 0.25) is 0 Å². The number of phenolic OH excluding ortho intramolecular Hbond substituents is 1. The van der Waals surface area contributed by atoms with Crippen molar-refractivity contribution in [3.05, 3.63) is 54.3 Å². The number of benzene rings is 2. The Hall–Kier alpha value is -2.45. The van der Waals surface area contributed by atoms with Crippen LogP contribution in [0.15, 0.2) is 53.4 Å². The van der Waals surface area contributed by atoms with Gasteiger partial charge in [-0.3, -0.25) is 4.79 Å². The van der Waals surface area contributed by atoms with Gasteiger partial charge < -0.3 is 10.4 Å². The summed E-state index contributed by atoms with van der Waals surface area (Å²) in [6.45, 7) is 0.508. The van der Waals surface area contributed by atoms with E-state index in [4.69, 9.17) is 0 Å². The Labute approximate surface area is 151 Å². The van der Waals surface area contributed by atoms with E-state index < -0.39 is 21.6 Å². The first-order chi connectivity index (χ1) is 12.4. The molecule has 0 spiro atoms. The van der Waals surface area contributed by atoms with Gasteiger partial charge in [0.15, 0.2) is 11.6 Å². The summed E-state index contributed by atoms with van der Waals surface area (Å²) in [5, 5.41) is 12.0. The van der Waals surface area contributed by atoms with Crippen LogP contribution in [0.3, 0.4) is 0 Å². The van der Waals surface area contributed by atoms with Gasteiger partial charge in [-0.05, 0) is 37.1 Å². The van der Waals surface area contributed by atoms with Crippen LogP contribution in [-0.4, -0.2) is 36.8 Å². The van der Waals surface area contributed by atoms with E-state index in [2.05, 4.69) is 5.32 Å². The maximum atomic E-state index is 13.1. The molecule has 138 valence electrons. The third-order valence-electron chi connectivity index (χ3n) is 4.42. The van der Waals surface area contributed by atoms with E-state index in [1.54, 1.807) is 30.3 Å². The number of anilines is 1. The summed E-state index contributed by atoms with van der Waals surface area (Å²) in [6, 6.07) is 11.8. The number of piperidine rings is 1. The Morgan fingerprint density at radius 1 is 1.12 bits per heavy atom. The van der Waals surface area contributed by atoms with Crippen molar-refractivity contribution < 1.29 is 22.7 Å². The minimum atomic E-state index is -3.55. The van der Waals surface area contributed by atoms with Gasteiger partial charge in [0.2, 0.25) is 15.9 Å². The number of carbonyl (C=O) groups is 1. The van der Waals surface area contributed by atoms with E-state index in [9.17, 15) is 22.7 Å². The van der Waals surface area contributed by atoms with Gasteiger partial charge in [0.25, 0.3) is 0 Å². The van der Waals surface area contributed by atoms with Crippen LogP contribution in [0, 0.1) is 11.7 Å². The zero-order valence-corrected chi connectivity index (χ0v) is 14.7. The van der Waals surface area contributed by atoms with Crippen molar-refractivity contribution in [2.75, 3.05) is 18.4 Å². The molecule has 1 amide bonds. The fraction of sp³-hybridized carbons (Fsp3) is 0.278. The maximum Gasteiger partial charge on any atom is 0.243 e. The van der Waals surface area contributed by atoms with Crippen molar-refractivity contribution in [3.8, 4) is 5.75 Å². The Balaban J connectivity index is 1.61. The first kappa shape index (κ1) is 18.3. The van der Waals surface area contributed by atoms with Gasteiger partial charge in [-0.2, -0.15) is 4.31 Å². The number of sulfonamides is 1. The summed E-state index contributed by atoms with van der Waals surface area (Å²) in [5.41, 5.74) is 0.299. The number of nitrogens with one attached hydrogen (secondary N) is 1. The normalized spacial score (nSPS) is 16.3. The summed E-state index contributed by atoms with van der Waals surface area (Å²) in [5.74, 6) is -1.91. The second-order valence-electron chi connectivity index (χ2n) is 6.15. The topological polar surface area (TPSA) is 86.7 Å². The van der Waals surface area contributed by atoms with Gasteiger partial charge in [0, 0.05) is 30.8 Å². The largest absolute Gasteiger partial charge is 0.505 e. The lowest BCUT2D eigenvalue weighted by atomic mass is 9.97. The van der Waals surface area contributed by atoms with Crippen LogP contribution < -0.4 is 5.32 Å². The molecule has 2 aromatic rings. The number of halogens is 1. The molecule has 0 unspecified atom stereocenters. The van der Waals surface area contributed by atoms with Gasteiger partial charge in [0.05, 0.1) is 4.90 Å². The van der Waals surface area contributed by atoms with Crippen LogP contribution in [-0.2, 0) is 14.8 Å². The van der Waals surface area contributed by atoms with Crippen LogP contribution in [0.4, 0.5) is 10.1 Å². The number of amides is 1. The Morgan fingerprint density at radius 2 is 1.77 bits per heavy atom. The molecule has 1 saturated heterocycles. The summed E-state index contributed by atoms with van der Waals surface area (Å²) >= 11 is 0. The minimum Gasteiger partial charge on any atom is -0.505 e. The third-order valence-corrected chi connectivity index (χ3v) is 6.33. The number of carbonyl (C=O) groups excluding carboxylic acids is 1. The molecule has 2 N–H and O–H groups in total. The van der Waals surface area contributed by atoms with Gasteiger partial charge >= 0.3 is 0 Å². The smallest absolute Gasteiger partial charge is 0.243 e. The second kappa shape index (κ2) is 7.43. The predicted molar refractivity (Wildman–Crippen MR) is 94.6 cm³/mol. The molecule has 0 radical (unpaired) electrons. The third kappa shape index (κ3) is 3.86. The number of nitrogens with zero attached hydrogens (tertiary/aromatic N) is 1. The molecule has 0 aliphatic carbocycles. The highest BCUT2D eigenvalue weighted by atomic mass is 32.2. The maximum absolute atomic E-state index is 13.1. The Kier molecular flexibility index (Phi) is 5.24. The minimum absolute atomic E-state index is 0.240. The summed E-state index contributed by atoms with van der Waals surface area (Å²) in [7, 11) is -3.55. The highest BCUT2D eigenvalue weighted by molar-refractivity contribution is 7.89. The molecule has 26 heavy (non-hydrogen) atoms. The lowest BCUT2D eigenvalue weighted by Gasteiger charge is -2.30. The van der Waals surface area contributed by atoms with Crippen molar-refractivity contribution in [2.24, 2.45) is 5.92 Å². The standard InChI is InChI=1S/C18H19FN2O4S/c19-16-7-6-14(12-17(16)22)20-18(23)13-8-10-21(11-9-13)26(24,25)15-4-2-1-3-5-15/h1-7,12-13,22H,8-11H2,(H,20,23). The molecule has 0 saturated carbocycles. The fourth-order valence-corrected chi connectivity index (χ4v) is 4.43. The van der Waals surface area contributed by atoms with Gasteiger partial charge in [-0.25, -0.2) is 12.8 Å². The van der Waals surface area contributed by atoms with Gasteiger partial charge in [-0.1, -0.05) is 18.2 Å². The number of hydrogen-bond donors (Lipinski definition) is 2. The highest BCUT2D eigenvalue weighted by Crippen LogP contribution is 2.26. The van der Waals surface area contributed by atoms with E-state index in [0.717, 1.165) is 12.1 Å². The van der Waals surface area contributed by atoms with E-state index in [-0.39, 0.29) is 29.8 Å². The molecule has 1 fully saturated rings. The molecule has 0 atom stereocenters. The molecule has 1 aliphatic heterocycles. The summed E-state index contributed by atoms with van der Waals surface area (Å²) in [4.78, 5) is 12.6. The summed E-state index contributed by atoms with van der Waals surface area (Å²) in [6.07, 6.45) is 0.788.